The number of thiophene rings is 1. The zero-order chi connectivity index (χ0) is 13.9. The molecule has 0 fully saturated rings. The summed E-state index contributed by atoms with van der Waals surface area (Å²) in [7, 11) is 0. The van der Waals surface area contributed by atoms with Crippen molar-refractivity contribution >= 4 is 21.4 Å². The van der Waals surface area contributed by atoms with Gasteiger partial charge in [-0.05, 0) is 34.4 Å². The fraction of sp³-hybridized carbons (Fsp3) is 0.222. The molecule has 2 atom stereocenters. The number of nitrogens with two attached hydrogens (primary N) is 1. The average Bonchev–Trinajstić information content (AvgIpc) is 2.97. The lowest BCUT2D eigenvalue weighted by Gasteiger charge is -2.24. The number of fused-ring (bicyclic) bond motifs is 1. The van der Waals surface area contributed by atoms with Gasteiger partial charge in [0.1, 0.15) is 0 Å². The maximum atomic E-state index is 6.61. The highest BCUT2D eigenvalue weighted by molar-refractivity contribution is 7.17. The van der Waals surface area contributed by atoms with Crippen molar-refractivity contribution in [3.8, 4) is 0 Å². The smallest absolute Gasteiger partial charge is 0.0390 e. The molecule has 1 heterocycles. The second-order valence-corrected chi connectivity index (χ2v) is 6.05. The number of hydrogen-bond acceptors (Lipinski definition) is 2. The third-order valence-electron chi connectivity index (χ3n) is 3.97. The molecule has 0 radical (unpaired) electrons. The highest BCUT2D eigenvalue weighted by atomic mass is 32.1. The van der Waals surface area contributed by atoms with Gasteiger partial charge in [-0.1, -0.05) is 55.5 Å². The first-order valence-corrected chi connectivity index (χ1v) is 7.96. The molecule has 1 nitrogen and oxygen atoms in total. The van der Waals surface area contributed by atoms with E-state index in [0.717, 1.165) is 6.42 Å². The summed E-state index contributed by atoms with van der Waals surface area (Å²) < 4.78 is 1.33. The summed E-state index contributed by atoms with van der Waals surface area (Å²) in [6, 6.07) is 19.3. The summed E-state index contributed by atoms with van der Waals surface area (Å²) >= 11 is 1.79. The maximum absolute atomic E-state index is 6.61. The molecule has 0 bridgehead atoms. The summed E-state index contributed by atoms with van der Waals surface area (Å²) in [4.78, 5) is 0. The van der Waals surface area contributed by atoms with Crippen LogP contribution < -0.4 is 5.73 Å². The van der Waals surface area contributed by atoms with E-state index >= 15 is 0 Å². The molecule has 3 rings (SSSR count). The van der Waals surface area contributed by atoms with Gasteiger partial charge in [0.25, 0.3) is 0 Å². The first-order valence-electron chi connectivity index (χ1n) is 7.08. The van der Waals surface area contributed by atoms with Crippen LogP contribution in [0.1, 0.15) is 36.4 Å². The van der Waals surface area contributed by atoms with Crippen LogP contribution in [0.2, 0.25) is 0 Å². The normalized spacial score (nSPS) is 14.3. The van der Waals surface area contributed by atoms with Gasteiger partial charge in [-0.2, -0.15) is 0 Å². The van der Waals surface area contributed by atoms with Crippen LogP contribution in [0.25, 0.3) is 10.1 Å². The second-order valence-electron chi connectivity index (χ2n) is 5.14. The Balaban J connectivity index is 2.02. The first-order chi connectivity index (χ1) is 9.81. The zero-order valence-electron chi connectivity index (χ0n) is 11.6. The van der Waals surface area contributed by atoms with Gasteiger partial charge in [0.05, 0.1) is 0 Å². The van der Waals surface area contributed by atoms with Gasteiger partial charge in [-0.25, -0.2) is 0 Å². The molecule has 102 valence electrons. The second kappa shape index (κ2) is 5.78. The van der Waals surface area contributed by atoms with E-state index in [2.05, 4.69) is 66.9 Å². The molecule has 0 spiro atoms. The quantitative estimate of drug-likeness (QED) is 0.708. The molecule has 0 saturated carbocycles. The zero-order valence-corrected chi connectivity index (χ0v) is 12.4. The van der Waals surface area contributed by atoms with E-state index in [1.165, 1.54) is 21.2 Å². The third-order valence-corrected chi connectivity index (χ3v) is 4.95. The summed E-state index contributed by atoms with van der Waals surface area (Å²) in [5.41, 5.74) is 9.21. The van der Waals surface area contributed by atoms with E-state index in [1.807, 2.05) is 0 Å². The Labute approximate surface area is 124 Å². The van der Waals surface area contributed by atoms with Gasteiger partial charge in [0.2, 0.25) is 0 Å². The largest absolute Gasteiger partial charge is 0.323 e. The van der Waals surface area contributed by atoms with Crippen molar-refractivity contribution in [3.63, 3.8) is 0 Å². The lowest BCUT2D eigenvalue weighted by atomic mass is 9.85. The van der Waals surface area contributed by atoms with Crippen molar-refractivity contribution < 1.29 is 0 Å². The van der Waals surface area contributed by atoms with Crippen molar-refractivity contribution in [2.24, 2.45) is 5.73 Å². The highest BCUT2D eigenvalue weighted by Gasteiger charge is 2.21. The van der Waals surface area contributed by atoms with Crippen molar-refractivity contribution in [1.29, 1.82) is 0 Å². The van der Waals surface area contributed by atoms with Crippen molar-refractivity contribution in [2.75, 3.05) is 0 Å². The van der Waals surface area contributed by atoms with Crippen molar-refractivity contribution in [3.05, 3.63) is 71.1 Å². The molecular formula is C18H19NS. The SMILES string of the molecule is CCC(c1ccccc1)C(N)c1cccc2ccsc12. The van der Waals surface area contributed by atoms with Gasteiger partial charge < -0.3 is 5.73 Å². The lowest BCUT2D eigenvalue weighted by molar-refractivity contribution is 0.542. The Hall–Kier alpha value is -1.64. The predicted octanol–water partition coefficient (Wildman–Crippen LogP) is 5.09. The minimum Gasteiger partial charge on any atom is -0.323 e. The molecular weight excluding hydrogens is 262 g/mol. The monoisotopic (exact) mass is 281 g/mol. The van der Waals surface area contributed by atoms with E-state index in [0.29, 0.717) is 5.92 Å². The topological polar surface area (TPSA) is 26.0 Å². The predicted molar refractivity (Wildman–Crippen MR) is 88.2 cm³/mol. The number of rotatable bonds is 4. The standard InChI is InChI=1S/C18H19NS/c1-2-15(13-7-4-3-5-8-13)17(19)16-10-6-9-14-11-12-20-18(14)16/h3-12,15,17H,2,19H2,1H3. The van der Waals surface area contributed by atoms with Crippen LogP contribution in [0.4, 0.5) is 0 Å². The average molecular weight is 281 g/mol. The van der Waals surface area contributed by atoms with Crippen LogP contribution in [0.5, 0.6) is 0 Å². The molecule has 2 heteroatoms. The number of benzene rings is 2. The fourth-order valence-electron chi connectivity index (χ4n) is 2.89. The lowest BCUT2D eigenvalue weighted by Crippen LogP contribution is -2.19. The third kappa shape index (κ3) is 2.37. The van der Waals surface area contributed by atoms with Crippen molar-refractivity contribution in [1.82, 2.24) is 0 Å². The van der Waals surface area contributed by atoms with Gasteiger partial charge in [0, 0.05) is 16.7 Å². The van der Waals surface area contributed by atoms with E-state index in [1.54, 1.807) is 11.3 Å². The van der Waals surface area contributed by atoms with Crippen LogP contribution in [0.15, 0.2) is 60.0 Å². The Morgan fingerprint density at radius 3 is 2.55 bits per heavy atom. The summed E-state index contributed by atoms with van der Waals surface area (Å²) in [6.45, 7) is 2.21. The van der Waals surface area contributed by atoms with Crippen LogP contribution in [0, 0.1) is 0 Å². The molecule has 0 aliphatic carbocycles. The summed E-state index contributed by atoms with van der Waals surface area (Å²) in [5, 5.41) is 3.44. The maximum Gasteiger partial charge on any atom is 0.0390 e. The first kappa shape index (κ1) is 13.3. The Kier molecular flexibility index (Phi) is 3.86. The molecule has 2 N–H and O–H groups in total. The molecule has 2 unspecified atom stereocenters. The minimum absolute atomic E-state index is 0.0461. The summed E-state index contributed by atoms with van der Waals surface area (Å²) in [5.74, 6) is 0.365. The molecule has 1 aromatic heterocycles. The molecule has 2 aromatic carbocycles. The Bertz CT molecular complexity index is 687. The molecule has 0 aliphatic heterocycles. The molecule has 3 aromatic rings. The van der Waals surface area contributed by atoms with Gasteiger partial charge in [-0.3, -0.25) is 0 Å². The molecule has 0 saturated heterocycles. The van der Waals surface area contributed by atoms with Crippen LogP contribution >= 0.6 is 11.3 Å². The van der Waals surface area contributed by atoms with Gasteiger partial charge in [-0.15, -0.1) is 11.3 Å². The summed E-state index contributed by atoms with van der Waals surface area (Å²) in [6.07, 6.45) is 1.05. The molecule has 20 heavy (non-hydrogen) atoms. The van der Waals surface area contributed by atoms with E-state index in [4.69, 9.17) is 5.73 Å². The van der Waals surface area contributed by atoms with Crippen LogP contribution in [-0.4, -0.2) is 0 Å². The minimum atomic E-state index is 0.0461. The molecule has 0 aliphatic rings. The Morgan fingerprint density at radius 1 is 1.00 bits per heavy atom. The van der Waals surface area contributed by atoms with Gasteiger partial charge in [0.15, 0.2) is 0 Å². The Morgan fingerprint density at radius 2 is 1.80 bits per heavy atom. The van der Waals surface area contributed by atoms with Crippen LogP contribution in [-0.2, 0) is 0 Å². The van der Waals surface area contributed by atoms with Gasteiger partial charge >= 0.3 is 0 Å². The fourth-order valence-corrected chi connectivity index (χ4v) is 3.86. The number of hydrogen-bond donors (Lipinski definition) is 1. The van der Waals surface area contributed by atoms with Crippen LogP contribution in [0.3, 0.4) is 0 Å². The van der Waals surface area contributed by atoms with E-state index in [9.17, 15) is 0 Å². The van der Waals surface area contributed by atoms with E-state index < -0.39 is 0 Å². The highest BCUT2D eigenvalue weighted by Crippen LogP contribution is 2.36. The molecule has 0 amide bonds. The van der Waals surface area contributed by atoms with Crippen molar-refractivity contribution in [2.45, 2.75) is 25.3 Å². The van der Waals surface area contributed by atoms with E-state index in [-0.39, 0.29) is 6.04 Å².